The van der Waals surface area contributed by atoms with E-state index >= 15 is 0 Å². The van der Waals surface area contributed by atoms with Crippen LogP contribution in [0, 0.1) is 0 Å². The monoisotopic (exact) mass is 269 g/mol. The van der Waals surface area contributed by atoms with E-state index in [0.717, 1.165) is 17.7 Å². The molecule has 0 radical (unpaired) electrons. The van der Waals surface area contributed by atoms with Gasteiger partial charge in [0.25, 0.3) is 0 Å². The van der Waals surface area contributed by atoms with E-state index < -0.39 is 0 Å². The molecule has 0 aliphatic rings. The van der Waals surface area contributed by atoms with Crippen LogP contribution in [-0.2, 0) is 6.54 Å². The van der Waals surface area contributed by atoms with Gasteiger partial charge in [0.2, 0.25) is 0 Å². The molecule has 0 saturated heterocycles. The fourth-order valence-corrected chi connectivity index (χ4v) is 2.29. The van der Waals surface area contributed by atoms with Crippen LogP contribution in [-0.4, -0.2) is 26.8 Å². The van der Waals surface area contributed by atoms with Gasteiger partial charge in [-0.25, -0.2) is 9.97 Å². The predicted molar refractivity (Wildman–Crippen MR) is 76.9 cm³/mol. The van der Waals surface area contributed by atoms with Gasteiger partial charge in [0.1, 0.15) is 22.8 Å². The van der Waals surface area contributed by atoms with Crippen molar-refractivity contribution < 1.29 is 9.84 Å². The van der Waals surface area contributed by atoms with Crippen molar-refractivity contribution in [2.24, 2.45) is 0 Å². The highest BCUT2D eigenvalue weighted by Gasteiger charge is 2.15. The van der Waals surface area contributed by atoms with Crippen LogP contribution in [0.15, 0.2) is 36.5 Å². The van der Waals surface area contributed by atoms with Crippen molar-refractivity contribution in [3.63, 3.8) is 0 Å². The quantitative estimate of drug-likeness (QED) is 0.794. The van der Waals surface area contributed by atoms with Crippen molar-refractivity contribution in [3.05, 3.63) is 36.5 Å². The molecule has 102 valence electrons. The highest BCUT2D eigenvalue weighted by molar-refractivity contribution is 5.79. The standard InChI is InChI=1S/C15H15N3O2/c1-3-18-14(17-12-5-4-8-16-15(12)18)11-7-6-10(20-2)9-13(11)19/h4-9,19H,3H2,1-2H3. The van der Waals surface area contributed by atoms with Gasteiger partial charge in [-0.05, 0) is 31.2 Å². The molecule has 2 aromatic heterocycles. The van der Waals surface area contributed by atoms with Crippen molar-refractivity contribution in [2.45, 2.75) is 13.5 Å². The van der Waals surface area contributed by atoms with Crippen LogP contribution in [0.1, 0.15) is 6.92 Å². The lowest BCUT2D eigenvalue weighted by Gasteiger charge is -2.08. The molecule has 2 heterocycles. The van der Waals surface area contributed by atoms with Crippen LogP contribution in [0.4, 0.5) is 0 Å². The minimum Gasteiger partial charge on any atom is -0.507 e. The summed E-state index contributed by atoms with van der Waals surface area (Å²) in [6.45, 7) is 2.76. The van der Waals surface area contributed by atoms with Crippen LogP contribution in [0.3, 0.4) is 0 Å². The molecule has 5 nitrogen and oxygen atoms in total. The molecule has 0 atom stereocenters. The lowest BCUT2D eigenvalue weighted by molar-refractivity contribution is 0.408. The van der Waals surface area contributed by atoms with Gasteiger partial charge in [-0.15, -0.1) is 0 Å². The number of hydrogen-bond donors (Lipinski definition) is 1. The largest absolute Gasteiger partial charge is 0.507 e. The Morgan fingerprint density at radius 1 is 1.30 bits per heavy atom. The summed E-state index contributed by atoms with van der Waals surface area (Å²) in [5.74, 6) is 1.47. The summed E-state index contributed by atoms with van der Waals surface area (Å²) in [4.78, 5) is 8.93. The number of phenols is 1. The smallest absolute Gasteiger partial charge is 0.160 e. The van der Waals surface area contributed by atoms with E-state index in [2.05, 4.69) is 9.97 Å². The Bertz CT molecular complexity index is 765. The molecular weight excluding hydrogens is 254 g/mol. The Kier molecular flexibility index (Phi) is 3.02. The van der Waals surface area contributed by atoms with Gasteiger partial charge in [-0.3, -0.25) is 0 Å². The zero-order valence-corrected chi connectivity index (χ0v) is 11.4. The number of aryl methyl sites for hydroxylation is 1. The number of benzene rings is 1. The maximum atomic E-state index is 10.2. The van der Waals surface area contributed by atoms with Gasteiger partial charge in [0.15, 0.2) is 5.65 Å². The van der Waals surface area contributed by atoms with Gasteiger partial charge in [0.05, 0.1) is 12.7 Å². The van der Waals surface area contributed by atoms with E-state index in [4.69, 9.17) is 4.74 Å². The minimum absolute atomic E-state index is 0.148. The Morgan fingerprint density at radius 3 is 2.85 bits per heavy atom. The van der Waals surface area contributed by atoms with Crippen molar-refractivity contribution >= 4 is 11.2 Å². The topological polar surface area (TPSA) is 60.2 Å². The number of hydrogen-bond acceptors (Lipinski definition) is 4. The average Bonchev–Trinajstić information content (AvgIpc) is 2.85. The number of rotatable bonds is 3. The van der Waals surface area contributed by atoms with Crippen LogP contribution in [0.25, 0.3) is 22.6 Å². The molecule has 3 rings (SSSR count). The second-order valence-corrected chi connectivity index (χ2v) is 4.41. The summed E-state index contributed by atoms with van der Waals surface area (Å²) in [7, 11) is 1.57. The molecule has 0 amide bonds. The molecule has 0 spiro atoms. The molecule has 0 bridgehead atoms. The second kappa shape index (κ2) is 4.85. The first-order valence-electron chi connectivity index (χ1n) is 6.43. The van der Waals surface area contributed by atoms with Crippen LogP contribution in [0.5, 0.6) is 11.5 Å². The third-order valence-electron chi connectivity index (χ3n) is 3.27. The van der Waals surface area contributed by atoms with E-state index in [1.807, 2.05) is 35.8 Å². The maximum Gasteiger partial charge on any atom is 0.160 e. The van der Waals surface area contributed by atoms with Gasteiger partial charge in [-0.1, -0.05) is 0 Å². The molecule has 1 N–H and O–H groups in total. The highest BCUT2D eigenvalue weighted by atomic mass is 16.5. The predicted octanol–water partition coefficient (Wildman–Crippen LogP) is 2.83. The van der Waals surface area contributed by atoms with E-state index in [1.165, 1.54) is 0 Å². The first kappa shape index (κ1) is 12.5. The van der Waals surface area contributed by atoms with Gasteiger partial charge >= 0.3 is 0 Å². The zero-order chi connectivity index (χ0) is 14.1. The number of imidazole rings is 1. The van der Waals surface area contributed by atoms with Crippen LogP contribution >= 0.6 is 0 Å². The van der Waals surface area contributed by atoms with E-state index in [-0.39, 0.29) is 5.75 Å². The average molecular weight is 269 g/mol. The summed E-state index contributed by atoms with van der Waals surface area (Å²) in [5, 5.41) is 10.2. The molecule has 0 saturated carbocycles. The Hall–Kier alpha value is -2.56. The number of aromatic hydroxyl groups is 1. The van der Waals surface area contributed by atoms with E-state index in [0.29, 0.717) is 17.1 Å². The van der Waals surface area contributed by atoms with Crippen LogP contribution in [0.2, 0.25) is 0 Å². The SMILES string of the molecule is CCn1c(-c2ccc(OC)cc2O)nc2cccnc21. The van der Waals surface area contributed by atoms with Crippen LogP contribution < -0.4 is 4.74 Å². The van der Waals surface area contributed by atoms with E-state index in [1.54, 1.807) is 19.4 Å². The Labute approximate surface area is 116 Å². The van der Waals surface area contributed by atoms with Gasteiger partial charge in [0, 0.05) is 18.8 Å². The Morgan fingerprint density at radius 2 is 2.15 bits per heavy atom. The molecule has 0 fully saturated rings. The number of nitrogens with zero attached hydrogens (tertiary/aromatic N) is 3. The summed E-state index contributed by atoms with van der Waals surface area (Å²) < 4.78 is 7.08. The lowest BCUT2D eigenvalue weighted by atomic mass is 10.2. The van der Waals surface area contributed by atoms with Crippen molar-refractivity contribution in [2.75, 3.05) is 7.11 Å². The molecule has 1 aromatic carbocycles. The number of pyridine rings is 1. The molecule has 20 heavy (non-hydrogen) atoms. The number of aromatic nitrogens is 3. The van der Waals surface area contributed by atoms with Gasteiger partial charge < -0.3 is 14.4 Å². The Balaban J connectivity index is 2.23. The normalized spacial score (nSPS) is 10.9. The first-order chi connectivity index (χ1) is 9.74. The second-order valence-electron chi connectivity index (χ2n) is 4.41. The number of phenolic OH excluding ortho intramolecular Hbond substituents is 1. The van der Waals surface area contributed by atoms with Crippen molar-refractivity contribution in [1.82, 2.24) is 14.5 Å². The minimum atomic E-state index is 0.148. The third kappa shape index (κ3) is 1.87. The molecule has 5 heteroatoms. The number of fused-ring (bicyclic) bond motifs is 1. The number of ether oxygens (including phenoxy) is 1. The van der Waals surface area contributed by atoms with Crippen molar-refractivity contribution in [3.8, 4) is 22.9 Å². The summed E-state index contributed by atoms with van der Waals surface area (Å²) in [6, 6.07) is 8.97. The maximum absolute atomic E-state index is 10.2. The highest BCUT2D eigenvalue weighted by Crippen LogP contribution is 2.33. The van der Waals surface area contributed by atoms with E-state index in [9.17, 15) is 5.11 Å². The third-order valence-corrected chi connectivity index (χ3v) is 3.27. The summed E-state index contributed by atoms with van der Waals surface area (Å²) in [6.07, 6.45) is 1.74. The summed E-state index contributed by atoms with van der Waals surface area (Å²) >= 11 is 0. The van der Waals surface area contributed by atoms with Gasteiger partial charge in [-0.2, -0.15) is 0 Å². The molecule has 0 aliphatic heterocycles. The molecule has 3 aromatic rings. The summed E-state index contributed by atoms with van der Waals surface area (Å²) in [5.41, 5.74) is 2.31. The fraction of sp³-hybridized carbons (Fsp3) is 0.200. The first-order valence-corrected chi connectivity index (χ1v) is 6.43. The fourth-order valence-electron chi connectivity index (χ4n) is 2.29. The number of methoxy groups -OCH3 is 1. The molecular formula is C15H15N3O2. The molecule has 0 unspecified atom stereocenters. The van der Waals surface area contributed by atoms with Crippen molar-refractivity contribution in [1.29, 1.82) is 0 Å². The molecule has 0 aliphatic carbocycles. The zero-order valence-electron chi connectivity index (χ0n) is 11.4. The lowest BCUT2D eigenvalue weighted by Crippen LogP contribution is -1.98.